The number of rotatable bonds is 2. The Morgan fingerprint density at radius 1 is 1.22 bits per heavy atom. The van der Waals surface area contributed by atoms with Crippen molar-refractivity contribution in [3.63, 3.8) is 0 Å². The fourth-order valence-electron chi connectivity index (χ4n) is 2.91. The molecule has 0 unspecified atom stereocenters. The minimum absolute atomic E-state index is 0.0593. The van der Waals surface area contributed by atoms with Crippen molar-refractivity contribution in [3.05, 3.63) is 24.5 Å². The number of imidazole rings is 1. The zero-order chi connectivity index (χ0) is 16.0. The summed E-state index contributed by atoms with van der Waals surface area (Å²) in [4.78, 5) is 12.1. The van der Waals surface area contributed by atoms with Crippen LogP contribution in [0.25, 0.3) is 4.96 Å². The first-order valence-corrected chi connectivity index (χ1v) is 8.78. The van der Waals surface area contributed by atoms with Gasteiger partial charge < -0.3 is 4.90 Å². The van der Waals surface area contributed by atoms with E-state index >= 15 is 0 Å². The third kappa shape index (κ3) is 2.71. The van der Waals surface area contributed by atoms with Crippen molar-refractivity contribution in [1.29, 1.82) is 0 Å². The maximum Gasteiger partial charge on any atom is 0.214 e. The minimum atomic E-state index is 0.0593. The van der Waals surface area contributed by atoms with Crippen molar-refractivity contribution < 1.29 is 0 Å². The molecule has 0 atom stereocenters. The molecule has 0 N–H and O–H groups in total. The van der Waals surface area contributed by atoms with Crippen molar-refractivity contribution in [2.24, 2.45) is 0 Å². The maximum atomic E-state index is 4.73. The van der Waals surface area contributed by atoms with E-state index in [1.165, 1.54) is 0 Å². The van der Waals surface area contributed by atoms with Crippen molar-refractivity contribution in [1.82, 2.24) is 29.4 Å². The summed E-state index contributed by atoms with van der Waals surface area (Å²) in [5.41, 5.74) is 1.15. The third-order valence-electron chi connectivity index (χ3n) is 4.35. The smallest absolute Gasteiger partial charge is 0.214 e. The third-order valence-corrected chi connectivity index (χ3v) is 5.33. The zero-order valence-electron chi connectivity index (χ0n) is 13.7. The van der Waals surface area contributed by atoms with Gasteiger partial charge in [-0.15, -0.1) is 5.10 Å². The minimum Gasteiger partial charge on any atom is -0.347 e. The first-order valence-electron chi connectivity index (χ1n) is 7.96. The van der Waals surface area contributed by atoms with E-state index in [2.05, 4.69) is 42.0 Å². The van der Waals surface area contributed by atoms with Gasteiger partial charge in [0.1, 0.15) is 12.7 Å². The summed E-state index contributed by atoms with van der Waals surface area (Å²) in [6.07, 6.45) is 7.61. The molecule has 1 fully saturated rings. The Morgan fingerprint density at radius 2 is 2.00 bits per heavy atom. The van der Waals surface area contributed by atoms with E-state index in [1.54, 1.807) is 17.7 Å². The quantitative estimate of drug-likeness (QED) is 0.722. The number of piperidine rings is 1. The second-order valence-electron chi connectivity index (χ2n) is 7.08. The van der Waals surface area contributed by atoms with E-state index < -0.39 is 0 Å². The molecule has 4 heterocycles. The standard InChI is InChI=1S/C15H21N7S/c1-15(2,3)12-8-21-13(18-12)23-14(19-21)20-6-4-11(5-7-20)22-10-16-9-17-22/h8-11H,4-7H2,1-3H3. The van der Waals surface area contributed by atoms with Crippen molar-refractivity contribution >= 4 is 21.4 Å². The molecule has 0 aromatic carbocycles. The van der Waals surface area contributed by atoms with E-state index in [4.69, 9.17) is 10.1 Å². The van der Waals surface area contributed by atoms with Gasteiger partial charge in [0.25, 0.3) is 0 Å². The molecule has 1 aliphatic rings. The van der Waals surface area contributed by atoms with Gasteiger partial charge in [-0.2, -0.15) is 5.10 Å². The lowest BCUT2D eigenvalue weighted by Gasteiger charge is -2.31. The highest BCUT2D eigenvalue weighted by Crippen LogP contribution is 2.30. The van der Waals surface area contributed by atoms with Crippen LogP contribution in [0.2, 0.25) is 0 Å². The highest BCUT2D eigenvalue weighted by molar-refractivity contribution is 7.20. The highest BCUT2D eigenvalue weighted by atomic mass is 32.1. The van der Waals surface area contributed by atoms with Crippen LogP contribution in [0.15, 0.2) is 18.9 Å². The molecule has 3 aromatic heterocycles. The van der Waals surface area contributed by atoms with Crippen LogP contribution in [0, 0.1) is 0 Å². The number of hydrogen-bond donors (Lipinski definition) is 0. The van der Waals surface area contributed by atoms with Gasteiger partial charge in [-0.1, -0.05) is 32.1 Å². The lowest BCUT2D eigenvalue weighted by atomic mass is 9.93. The largest absolute Gasteiger partial charge is 0.347 e. The van der Waals surface area contributed by atoms with Crippen molar-refractivity contribution in [2.75, 3.05) is 18.0 Å². The average molecular weight is 331 g/mol. The Balaban J connectivity index is 1.49. The van der Waals surface area contributed by atoms with Crippen molar-refractivity contribution in [3.8, 4) is 0 Å². The molecule has 122 valence electrons. The Kier molecular flexibility index (Phi) is 3.37. The van der Waals surface area contributed by atoms with Crippen LogP contribution in [0.1, 0.15) is 45.3 Å². The molecule has 1 saturated heterocycles. The van der Waals surface area contributed by atoms with Crippen LogP contribution in [-0.4, -0.2) is 42.5 Å². The molecule has 7 nitrogen and oxygen atoms in total. The summed E-state index contributed by atoms with van der Waals surface area (Å²) < 4.78 is 3.89. The Hall–Kier alpha value is -1.96. The molecule has 0 bridgehead atoms. The van der Waals surface area contributed by atoms with Gasteiger partial charge in [0.2, 0.25) is 10.1 Å². The van der Waals surface area contributed by atoms with Crippen LogP contribution < -0.4 is 4.90 Å². The molecule has 4 rings (SSSR count). The summed E-state index contributed by atoms with van der Waals surface area (Å²) in [6, 6.07) is 0.449. The topological polar surface area (TPSA) is 64.1 Å². The second kappa shape index (κ2) is 5.30. The van der Waals surface area contributed by atoms with Crippen LogP contribution in [0.4, 0.5) is 5.13 Å². The fraction of sp³-hybridized carbons (Fsp3) is 0.600. The Labute approximate surface area is 139 Å². The van der Waals surface area contributed by atoms with E-state index in [0.29, 0.717) is 6.04 Å². The molecule has 0 aliphatic carbocycles. The van der Waals surface area contributed by atoms with Crippen LogP contribution >= 0.6 is 11.3 Å². The Morgan fingerprint density at radius 3 is 2.61 bits per heavy atom. The monoisotopic (exact) mass is 331 g/mol. The molecular weight excluding hydrogens is 310 g/mol. The van der Waals surface area contributed by atoms with E-state index in [0.717, 1.165) is 41.7 Å². The molecule has 3 aromatic rings. The molecule has 0 saturated carbocycles. The summed E-state index contributed by atoms with van der Waals surface area (Å²) in [5.74, 6) is 0. The number of aromatic nitrogens is 6. The van der Waals surface area contributed by atoms with Gasteiger partial charge in [-0.05, 0) is 12.8 Å². The fourth-order valence-corrected chi connectivity index (χ4v) is 3.84. The number of fused-ring (bicyclic) bond motifs is 1. The van der Waals surface area contributed by atoms with Gasteiger partial charge >= 0.3 is 0 Å². The maximum absolute atomic E-state index is 4.73. The summed E-state index contributed by atoms with van der Waals surface area (Å²) >= 11 is 1.67. The molecular formula is C15H21N7S. The number of hydrogen-bond acceptors (Lipinski definition) is 6. The number of anilines is 1. The van der Waals surface area contributed by atoms with E-state index in [1.807, 2.05) is 15.5 Å². The Bertz CT molecular complexity index is 756. The second-order valence-corrected chi connectivity index (χ2v) is 8.02. The summed E-state index contributed by atoms with van der Waals surface area (Å²) in [7, 11) is 0. The van der Waals surface area contributed by atoms with E-state index in [9.17, 15) is 0 Å². The van der Waals surface area contributed by atoms with Crippen LogP contribution in [0.3, 0.4) is 0 Å². The normalized spacial score (nSPS) is 17.3. The predicted octanol–water partition coefficient (Wildman–Crippen LogP) is 2.52. The first-order chi connectivity index (χ1) is 11.0. The molecule has 8 heteroatoms. The summed E-state index contributed by atoms with van der Waals surface area (Å²) in [5, 5.41) is 10.0. The van der Waals surface area contributed by atoms with Crippen LogP contribution in [0.5, 0.6) is 0 Å². The predicted molar refractivity (Wildman–Crippen MR) is 90.1 cm³/mol. The average Bonchev–Trinajstić information content (AvgIpc) is 3.22. The van der Waals surface area contributed by atoms with Crippen LogP contribution in [-0.2, 0) is 5.41 Å². The zero-order valence-corrected chi connectivity index (χ0v) is 14.5. The van der Waals surface area contributed by atoms with E-state index in [-0.39, 0.29) is 5.41 Å². The molecule has 0 radical (unpaired) electrons. The lowest BCUT2D eigenvalue weighted by molar-refractivity contribution is 0.365. The van der Waals surface area contributed by atoms with Gasteiger partial charge in [0.15, 0.2) is 0 Å². The molecule has 1 aliphatic heterocycles. The van der Waals surface area contributed by atoms with Gasteiger partial charge in [-0.25, -0.2) is 19.2 Å². The van der Waals surface area contributed by atoms with Gasteiger partial charge in [-0.3, -0.25) is 0 Å². The highest BCUT2D eigenvalue weighted by Gasteiger charge is 2.25. The van der Waals surface area contributed by atoms with Gasteiger partial charge in [0, 0.05) is 18.5 Å². The molecule has 23 heavy (non-hydrogen) atoms. The molecule has 0 amide bonds. The van der Waals surface area contributed by atoms with Crippen molar-refractivity contribution in [2.45, 2.75) is 45.1 Å². The lowest BCUT2D eigenvalue weighted by Crippen LogP contribution is -2.34. The summed E-state index contributed by atoms with van der Waals surface area (Å²) in [6.45, 7) is 8.51. The SMILES string of the molecule is CC(C)(C)c1cn2nc(N3CCC(n4cncn4)CC3)sc2n1. The van der Waals surface area contributed by atoms with Gasteiger partial charge in [0.05, 0.1) is 17.9 Å². The first kappa shape index (κ1) is 14.6. The molecule has 0 spiro atoms. The number of nitrogens with zero attached hydrogens (tertiary/aromatic N) is 7.